The van der Waals surface area contributed by atoms with E-state index in [4.69, 9.17) is 11.6 Å². The predicted octanol–water partition coefficient (Wildman–Crippen LogP) is 1.55. The number of amides is 2. The quantitative estimate of drug-likeness (QED) is 0.887. The molecule has 2 rings (SSSR count). The molecule has 1 aromatic carbocycles. The molecule has 0 radical (unpaired) electrons. The van der Waals surface area contributed by atoms with E-state index in [1.807, 2.05) is 36.9 Å². The minimum absolute atomic E-state index is 0.0378. The third kappa shape index (κ3) is 5.52. The standard InChI is InChI=1S/C17H24ClN3O2/c1-13(2)19-16(22)12-20-7-9-21(10-8-20)17(23)11-14-5-3-4-6-15(14)18/h3-6,13H,7-12H2,1-2H3,(H,19,22). The molecule has 1 aliphatic heterocycles. The van der Waals surface area contributed by atoms with Crippen molar-refractivity contribution in [2.75, 3.05) is 32.7 Å². The van der Waals surface area contributed by atoms with E-state index in [1.165, 1.54) is 0 Å². The number of hydrogen-bond donors (Lipinski definition) is 1. The lowest BCUT2D eigenvalue weighted by molar-refractivity contribution is -0.132. The van der Waals surface area contributed by atoms with Crippen LogP contribution in [0, 0.1) is 0 Å². The normalized spacial score (nSPS) is 15.7. The lowest BCUT2D eigenvalue weighted by Crippen LogP contribution is -2.51. The van der Waals surface area contributed by atoms with Crippen LogP contribution in [0.3, 0.4) is 0 Å². The zero-order chi connectivity index (χ0) is 16.8. The molecule has 5 nitrogen and oxygen atoms in total. The van der Waals surface area contributed by atoms with Gasteiger partial charge in [-0.15, -0.1) is 0 Å². The average molecular weight is 338 g/mol. The first-order valence-electron chi connectivity index (χ1n) is 7.98. The second kappa shape index (κ2) is 8.31. The summed E-state index contributed by atoms with van der Waals surface area (Å²) in [5.74, 6) is 0.125. The highest BCUT2D eigenvalue weighted by atomic mass is 35.5. The van der Waals surface area contributed by atoms with Gasteiger partial charge in [-0.1, -0.05) is 29.8 Å². The molecule has 1 N–H and O–H groups in total. The molecular weight excluding hydrogens is 314 g/mol. The van der Waals surface area contributed by atoms with Crippen molar-refractivity contribution in [1.82, 2.24) is 15.1 Å². The fraction of sp³-hybridized carbons (Fsp3) is 0.529. The van der Waals surface area contributed by atoms with Crippen molar-refractivity contribution in [2.24, 2.45) is 0 Å². The van der Waals surface area contributed by atoms with Gasteiger partial charge in [0.2, 0.25) is 11.8 Å². The second-order valence-electron chi connectivity index (χ2n) is 6.15. The molecule has 0 saturated carbocycles. The summed E-state index contributed by atoms with van der Waals surface area (Å²) in [6, 6.07) is 7.58. The third-order valence-corrected chi connectivity index (χ3v) is 4.21. The average Bonchev–Trinajstić information content (AvgIpc) is 2.49. The van der Waals surface area contributed by atoms with Crippen molar-refractivity contribution >= 4 is 23.4 Å². The highest BCUT2D eigenvalue weighted by Crippen LogP contribution is 2.16. The Kier molecular flexibility index (Phi) is 6.42. The summed E-state index contributed by atoms with van der Waals surface area (Å²) in [5, 5.41) is 3.52. The molecule has 23 heavy (non-hydrogen) atoms. The van der Waals surface area contributed by atoms with Gasteiger partial charge in [-0.2, -0.15) is 0 Å². The van der Waals surface area contributed by atoms with Gasteiger partial charge in [-0.05, 0) is 25.5 Å². The molecular formula is C17H24ClN3O2. The summed E-state index contributed by atoms with van der Waals surface area (Å²) >= 11 is 6.11. The van der Waals surface area contributed by atoms with E-state index in [2.05, 4.69) is 10.2 Å². The SMILES string of the molecule is CC(C)NC(=O)CN1CCN(C(=O)Cc2ccccc2Cl)CC1. The van der Waals surface area contributed by atoms with E-state index in [-0.39, 0.29) is 17.9 Å². The number of hydrogen-bond acceptors (Lipinski definition) is 3. The fourth-order valence-electron chi connectivity index (χ4n) is 2.64. The van der Waals surface area contributed by atoms with E-state index in [0.717, 1.165) is 18.7 Å². The van der Waals surface area contributed by atoms with Crippen LogP contribution in [-0.2, 0) is 16.0 Å². The van der Waals surface area contributed by atoms with Gasteiger partial charge in [0.05, 0.1) is 13.0 Å². The van der Waals surface area contributed by atoms with Crippen LogP contribution in [0.1, 0.15) is 19.4 Å². The Morgan fingerprint density at radius 3 is 2.43 bits per heavy atom. The number of rotatable bonds is 5. The number of halogens is 1. The van der Waals surface area contributed by atoms with Gasteiger partial charge >= 0.3 is 0 Å². The van der Waals surface area contributed by atoms with Gasteiger partial charge in [0.1, 0.15) is 0 Å². The first-order chi connectivity index (χ1) is 11.0. The third-order valence-electron chi connectivity index (χ3n) is 3.84. The van der Waals surface area contributed by atoms with E-state index in [1.54, 1.807) is 6.07 Å². The van der Waals surface area contributed by atoms with Crippen LogP contribution in [0.15, 0.2) is 24.3 Å². The van der Waals surface area contributed by atoms with Crippen molar-refractivity contribution in [3.63, 3.8) is 0 Å². The summed E-state index contributed by atoms with van der Waals surface area (Å²) < 4.78 is 0. The van der Waals surface area contributed by atoms with Gasteiger partial charge in [-0.25, -0.2) is 0 Å². The van der Waals surface area contributed by atoms with Gasteiger partial charge in [0.15, 0.2) is 0 Å². The smallest absolute Gasteiger partial charge is 0.234 e. The van der Waals surface area contributed by atoms with Gasteiger partial charge in [0.25, 0.3) is 0 Å². The molecule has 2 amide bonds. The molecule has 1 aliphatic rings. The minimum atomic E-state index is 0.0378. The number of carbonyl (C=O) groups excluding carboxylic acids is 2. The predicted molar refractivity (Wildman–Crippen MR) is 91.5 cm³/mol. The monoisotopic (exact) mass is 337 g/mol. The molecule has 0 aromatic heterocycles. The fourth-order valence-corrected chi connectivity index (χ4v) is 2.85. The van der Waals surface area contributed by atoms with Crippen LogP contribution >= 0.6 is 11.6 Å². The molecule has 6 heteroatoms. The van der Waals surface area contributed by atoms with Crippen molar-refractivity contribution in [2.45, 2.75) is 26.3 Å². The van der Waals surface area contributed by atoms with Crippen molar-refractivity contribution in [1.29, 1.82) is 0 Å². The topological polar surface area (TPSA) is 52.7 Å². The number of nitrogens with one attached hydrogen (secondary N) is 1. The first-order valence-corrected chi connectivity index (χ1v) is 8.36. The van der Waals surface area contributed by atoms with Crippen LogP contribution in [0.4, 0.5) is 0 Å². The molecule has 0 unspecified atom stereocenters. The largest absolute Gasteiger partial charge is 0.353 e. The van der Waals surface area contributed by atoms with E-state index in [9.17, 15) is 9.59 Å². The van der Waals surface area contributed by atoms with Gasteiger partial charge < -0.3 is 10.2 Å². The first kappa shape index (κ1) is 17.8. The maximum Gasteiger partial charge on any atom is 0.234 e. The zero-order valence-corrected chi connectivity index (χ0v) is 14.5. The highest BCUT2D eigenvalue weighted by molar-refractivity contribution is 6.31. The Labute approximate surface area is 142 Å². The van der Waals surface area contributed by atoms with Crippen molar-refractivity contribution < 1.29 is 9.59 Å². The summed E-state index contributed by atoms with van der Waals surface area (Å²) in [6.07, 6.45) is 0.327. The molecule has 0 aliphatic carbocycles. The van der Waals surface area contributed by atoms with Gasteiger partial charge in [-0.3, -0.25) is 14.5 Å². The van der Waals surface area contributed by atoms with Crippen LogP contribution in [0.2, 0.25) is 5.02 Å². The maximum atomic E-state index is 12.4. The van der Waals surface area contributed by atoms with Gasteiger partial charge in [0, 0.05) is 37.2 Å². The Morgan fingerprint density at radius 1 is 1.17 bits per heavy atom. The second-order valence-corrected chi connectivity index (χ2v) is 6.55. The van der Waals surface area contributed by atoms with E-state index >= 15 is 0 Å². The molecule has 1 saturated heterocycles. The van der Waals surface area contributed by atoms with E-state index < -0.39 is 0 Å². The molecule has 126 valence electrons. The number of piperazine rings is 1. The summed E-state index contributed by atoms with van der Waals surface area (Å²) in [4.78, 5) is 28.1. The van der Waals surface area contributed by atoms with E-state index in [0.29, 0.717) is 31.1 Å². The zero-order valence-electron chi connectivity index (χ0n) is 13.7. The van der Waals surface area contributed by atoms with Crippen LogP contribution in [0.25, 0.3) is 0 Å². The Morgan fingerprint density at radius 2 is 1.83 bits per heavy atom. The maximum absolute atomic E-state index is 12.4. The molecule has 0 atom stereocenters. The molecule has 1 aromatic rings. The molecule has 0 bridgehead atoms. The summed E-state index contributed by atoms with van der Waals surface area (Å²) in [7, 11) is 0. The Hall–Kier alpha value is -1.59. The minimum Gasteiger partial charge on any atom is -0.353 e. The molecule has 1 heterocycles. The van der Waals surface area contributed by atoms with Crippen molar-refractivity contribution in [3.8, 4) is 0 Å². The molecule has 0 spiro atoms. The van der Waals surface area contributed by atoms with Crippen LogP contribution in [0.5, 0.6) is 0 Å². The number of carbonyl (C=O) groups is 2. The van der Waals surface area contributed by atoms with Crippen LogP contribution in [-0.4, -0.2) is 60.4 Å². The summed E-state index contributed by atoms with van der Waals surface area (Å²) in [6.45, 7) is 7.03. The number of benzene rings is 1. The Bertz CT molecular complexity index is 555. The Balaban J connectivity index is 1.79. The lowest BCUT2D eigenvalue weighted by atomic mass is 10.1. The van der Waals surface area contributed by atoms with Crippen LogP contribution < -0.4 is 5.32 Å². The summed E-state index contributed by atoms with van der Waals surface area (Å²) in [5.41, 5.74) is 0.859. The number of nitrogens with zero attached hydrogens (tertiary/aromatic N) is 2. The lowest BCUT2D eigenvalue weighted by Gasteiger charge is -2.34. The van der Waals surface area contributed by atoms with Crippen molar-refractivity contribution in [3.05, 3.63) is 34.9 Å². The highest BCUT2D eigenvalue weighted by Gasteiger charge is 2.22. The molecule has 1 fully saturated rings.